The van der Waals surface area contributed by atoms with Gasteiger partial charge in [-0.3, -0.25) is 0 Å². The largest absolute Gasteiger partial charge is 0.460 e. The third-order valence-corrected chi connectivity index (χ3v) is 3.98. The molecule has 1 heterocycles. The predicted octanol–water partition coefficient (Wildman–Crippen LogP) is 2.46. The quantitative estimate of drug-likeness (QED) is 0.859. The normalized spacial score (nSPS) is 18.1. The molecule has 2 amide bonds. The maximum atomic E-state index is 12.1. The molecular weight excluding hydrogens is 324 g/mol. The van der Waals surface area contributed by atoms with Crippen LogP contribution in [0.1, 0.15) is 28.8 Å². The average Bonchev–Trinajstić information content (AvgIpc) is 2.87. The Balaban J connectivity index is 1.98. The van der Waals surface area contributed by atoms with Gasteiger partial charge in [0, 0.05) is 11.0 Å². The minimum absolute atomic E-state index is 0.107. The van der Waals surface area contributed by atoms with E-state index in [1.54, 1.807) is 11.0 Å². The molecule has 0 unspecified atom stereocenters. The Bertz CT molecular complexity index is 533. The van der Waals surface area contributed by atoms with E-state index in [2.05, 4.69) is 15.9 Å². The molecule has 1 aliphatic heterocycles. The highest BCUT2D eigenvalue weighted by molar-refractivity contribution is 9.10. The molecule has 0 spiro atoms. The van der Waals surface area contributed by atoms with Crippen LogP contribution < -0.4 is 5.73 Å². The highest BCUT2D eigenvalue weighted by Gasteiger charge is 2.28. The summed E-state index contributed by atoms with van der Waals surface area (Å²) in [4.78, 5) is 24.9. The molecule has 1 atom stereocenters. The molecule has 0 aromatic heterocycles. The van der Waals surface area contributed by atoms with Crippen molar-refractivity contribution in [2.24, 2.45) is 5.73 Å². The van der Waals surface area contributed by atoms with Crippen LogP contribution in [-0.2, 0) is 4.74 Å². The van der Waals surface area contributed by atoms with Gasteiger partial charge in [-0.1, -0.05) is 22.0 Å². The monoisotopic (exact) mass is 340 g/mol. The number of urea groups is 1. The second kappa shape index (κ2) is 6.26. The lowest BCUT2D eigenvalue weighted by molar-refractivity contribution is 0.0421. The summed E-state index contributed by atoms with van der Waals surface area (Å²) in [5.41, 5.74) is 6.68. The van der Waals surface area contributed by atoms with Crippen molar-refractivity contribution in [1.82, 2.24) is 4.90 Å². The van der Waals surface area contributed by atoms with E-state index in [9.17, 15) is 9.59 Å². The van der Waals surface area contributed by atoms with Gasteiger partial charge in [0.05, 0.1) is 11.6 Å². The van der Waals surface area contributed by atoms with Crippen molar-refractivity contribution in [3.8, 4) is 0 Å². The predicted molar refractivity (Wildman–Crippen MR) is 78.5 cm³/mol. The number of ether oxygens (including phenoxy) is 1. The van der Waals surface area contributed by atoms with Gasteiger partial charge in [-0.25, -0.2) is 9.59 Å². The molecule has 1 fully saturated rings. The molecule has 1 saturated heterocycles. The lowest BCUT2D eigenvalue weighted by atomic mass is 10.1. The number of nitrogens with zero attached hydrogens (tertiary/aromatic N) is 1. The van der Waals surface area contributed by atoms with E-state index in [-0.39, 0.29) is 18.6 Å². The third-order valence-electron chi connectivity index (χ3n) is 3.49. The minimum atomic E-state index is -0.456. The number of aryl methyl sites for hydroxylation is 1. The molecule has 6 heteroatoms. The molecule has 0 aliphatic carbocycles. The zero-order valence-corrected chi connectivity index (χ0v) is 12.9. The number of esters is 1. The molecule has 2 N–H and O–H groups in total. The van der Waals surface area contributed by atoms with E-state index in [4.69, 9.17) is 10.5 Å². The smallest absolute Gasteiger partial charge is 0.338 e. The second-order valence-corrected chi connectivity index (χ2v) is 5.80. The number of carbonyl (C=O) groups is 2. The zero-order valence-electron chi connectivity index (χ0n) is 11.3. The van der Waals surface area contributed by atoms with Gasteiger partial charge in [-0.2, -0.15) is 0 Å². The van der Waals surface area contributed by atoms with Crippen LogP contribution in [0.2, 0.25) is 0 Å². The molecule has 0 saturated carbocycles. The first-order valence-corrected chi connectivity index (χ1v) is 7.27. The van der Waals surface area contributed by atoms with E-state index in [1.807, 2.05) is 19.1 Å². The summed E-state index contributed by atoms with van der Waals surface area (Å²) < 4.78 is 6.15. The number of rotatable bonds is 3. The highest BCUT2D eigenvalue weighted by atomic mass is 79.9. The molecule has 2 rings (SSSR count). The standard InChI is InChI=1S/C14H17BrN2O3/c1-9-4-5-10(15)7-12(9)13(18)20-8-11-3-2-6-17(11)14(16)19/h4-5,7,11H,2-3,6,8H2,1H3,(H2,16,19)/t11-/m1/s1. The van der Waals surface area contributed by atoms with Crippen LogP contribution in [-0.4, -0.2) is 36.1 Å². The van der Waals surface area contributed by atoms with E-state index >= 15 is 0 Å². The van der Waals surface area contributed by atoms with Crippen molar-refractivity contribution in [3.05, 3.63) is 33.8 Å². The summed E-state index contributed by atoms with van der Waals surface area (Å²) >= 11 is 3.33. The van der Waals surface area contributed by atoms with Crippen LogP contribution >= 0.6 is 15.9 Å². The van der Waals surface area contributed by atoms with E-state index in [0.29, 0.717) is 12.1 Å². The lowest BCUT2D eigenvalue weighted by Crippen LogP contribution is -2.42. The van der Waals surface area contributed by atoms with Crippen LogP contribution in [0.3, 0.4) is 0 Å². The Kier molecular flexibility index (Phi) is 4.65. The first kappa shape index (κ1) is 14.8. The Hall–Kier alpha value is -1.56. The van der Waals surface area contributed by atoms with E-state index < -0.39 is 6.03 Å². The number of nitrogens with two attached hydrogens (primary N) is 1. The van der Waals surface area contributed by atoms with Crippen LogP contribution in [0, 0.1) is 6.92 Å². The molecule has 1 aliphatic rings. The Morgan fingerprint density at radius 1 is 1.50 bits per heavy atom. The maximum Gasteiger partial charge on any atom is 0.338 e. The summed E-state index contributed by atoms with van der Waals surface area (Å²) in [5.74, 6) is -0.375. The molecule has 108 valence electrons. The van der Waals surface area contributed by atoms with Crippen molar-refractivity contribution in [3.63, 3.8) is 0 Å². The first-order chi connectivity index (χ1) is 9.49. The fraction of sp³-hybridized carbons (Fsp3) is 0.429. The van der Waals surface area contributed by atoms with Crippen LogP contribution in [0.4, 0.5) is 4.79 Å². The van der Waals surface area contributed by atoms with E-state index in [1.165, 1.54) is 0 Å². The summed E-state index contributed by atoms with van der Waals surface area (Å²) in [5, 5.41) is 0. The van der Waals surface area contributed by atoms with Gasteiger partial charge in [0.2, 0.25) is 0 Å². The summed E-state index contributed by atoms with van der Waals surface area (Å²) in [6.07, 6.45) is 1.70. The molecular formula is C14H17BrN2O3. The van der Waals surface area contributed by atoms with E-state index in [0.717, 1.165) is 22.9 Å². The van der Waals surface area contributed by atoms with Gasteiger partial charge < -0.3 is 15.4 Å². The minimum Gasteiger partial charge on any atom is -0.460 e. The van der Waals surface area contributed by atoms with Gasteiger partial charge >= 0.3 is 12.0 Å². The molecule has 20 heavy (non-hydrogen) atoms. The summed E-state index contributed by atoms with van der Waals surface area (Å²) in [6.45, 7) is 2.68. The van der Waals surface area contributed by atoms with Gasteiger partial charge in [0.15, 0.2) is 0 Å². The van der Waals surface area contributed by atoms with Crippen LogP contribution in [0.15, 0.2) is 22.7 Å². The van der Waals surface area contributed by atoms with Crippen LogP contribution in [0.5, 0.6) is 0 Å². The maximum absolute atomic E-state index is 12.1. The summed E-state index contributed by atoms with van der Waals surface area (Å²) in [7, 11) is 0. The molecule has 1 aromatic carbocycles. The van der Waals surface area contributed by atoms with Crippen molar-refractivity contribution < 1.29 is 14.3 Å². The van der Waals surface area contributed by atoms with Gasteiger partial charge in [-0.15, -0.1) is 0 Å². The fourth-order valence-corrected chi connectivity index (χ4v) is 2.72. The van der Waals surface area contributed by atoms with Gasteiger partial charge in [0.25, 0.3) is 0 Å². The zero-order chi connectivity index (χ0) is 14.7. The van der Waals surface area contributed by atoms with Gasteiger partial charge in [-0.05, 0) is 37.5 Å². The SMILES string of the molecule is Cc1ccc(Br)cc1C(=O)OC[C@H]1CCCN1C(N)=O. The van der Waals surface area contributed by atoms with Crippen molar-refractivity contribution >= 4 is 27.9 Å². The van der Waals surface area contributed by atoms with Crippen molar-refractivity contribution in [2.75, 3.05) is 13.2 Å². The number of hydrogen-bond donors (Lipinski definition) is 1. The Labute approximate surface area is 126 Å². The number of likely N-dealkylation sites (tertiary alicyclic amines) is 1. The van der Waals surface area contributed by atoms with Crippen molar-refractivity contribution in [2.45, 2.75) is 25.8 Å². The Morgan fingerprint density at radius 2 is 2.25 bits per heavy atom. The molecule has 0 radical (unpaired) electrons. The lowest BCUT2D eigenvalue weighted by Gasteiger charge is -2.22. The number of carbonyl (C=O) groups excluding carboxylic acids is 2. The summed E-state index contributed by atoms with van der Waals surface area (Å²) in [6, 6.07) is 4.90. The van der Waals surface area contributed by atoms with Crippen LogP contribution in [0.25, 0.3) is 0 Å². The van der Waals surface area contributed by atoms with Gasteiger partial charge in [0.1, 0.15) is 6.61 Å². The second-order valence-electron chi connectivity index (χ2n) is 4.89. The average molecular weight is 341 g/mol. The number of hydrogen-bond acceptors (Lipinski definition) is 3. The topological polar surface area (TPSA) is 72.6 Å². The third kappa shape index (κ3) is 3.30. The number of benzene rings is 1. The number of halogens is 1. The number of primary amides is 1. The van der Waals surface area contributed by atoms with Crippen molar-refractivity contribution in [1.29, 1.82) is 0 Å². The fourth-order valence-electron chi connectivity index (χ4n) is 2.36. The highest BCUT2D eigenvalue weighted by Crippen LogP contribution is 2.20. The number of amides is 2. The Morgan fingerprint density at radius 3 is 2.95 bits per heavy atom. The first-order valence-electron chi connectivity index (χ1n) is 6.48. The molecule has 1 aromatic rings. The molecule has 5 nitrogen and oxygen atoms in total. The molecule has 0 bridgehead atoms.